The summed E-state index contributed by atoms with van der Waals surface area (Å²) in [5.74, 6) is 0. The molecule has 0 radical (unpaired) electrons. The van der Waals surface area contributed by atoms with E-state index in [0.29, 0.717) is 18.6 Å². The molecular weight excluding hydrogens is 278 g/mol. The van der Waals surface area contributed by atoms with Crippen molar-refractivity contribution < 1.29 is 9.90 Å². The van der Waals surface area contributed by atoms with E-state index in [0.717, 1.165) is 29.7 Å². The number of hydrogen-bond donors (Lipinski definition) is 2. The Morgan fingerprint density at radius 1 is 1.36 bits per heavy atom. The van der Waals surface area contributed by atoms with Crippen LogP contribution in [0.5, 0.6) is 0 Å². The summed E-state index contributed by atoms with van der Waals surface area (Å²) in [6.45, 7) is 2.39. The Balaban J connectivity index is 1.79. The summed E-state index contributed by atoms with van der Waals surface area (Å²) in [5, 5.41) is 9.69. The average molecular weight is 303 g/mol. The Morgan fingerprint density at radius 3 is 2.59 bits per heavy atom. The summed E-state index contributed by atoms with van der Waals surface area (Å²) in [6.07, 6.45) is 3.46. The fourth-order valence-corrected chi connectivity index (χ4v) is 4.05. The number of carboxylic acid groups (broad SMARTS) is 1. The quantitative estimate of drug-likeness (QED) is 0.842. The Morgan fingerprint density at radius 2 is 2.00 bits per heavy atom. The fourth-order valence-electron chi connectivity index (χ4n) is 4.05. The number of rotatable bonds is 3. The van der Waals surface area contributed by atoms with Gasteiger partial charge in [-0.05, 0) is 56.8 Å². The van der Waals surface area contributed by atoms with Crippen molar-refractivity contribution in [2.75, 3.05) is 12.8 Å². The Bertz CT molecular complexity index is 561. The molecule has 5 nitrogen and oxygen atoms in total. The molecule has 2 atom stereocenters. The molecule has 1 amide bonds. The van der Waals surface area contributed by atoms with Crippen molar-refractivity contribution in [3.63, 3.8) is 0 Å². The van der Waals surface area contributed by atoms with Gasteiger partial charge in [-0.3, -0.25) is 0 Å². The summed E-state index contributed by atoms with van der Waals surface area (Å²) in [4.78, 5) is 15.9. The van der Waals surface area contributed by atoms with Gasteiger partial charge in [-0.15, -0.1) is 0 Å². The zero-order valence-electron chi connectivity index (χ0n) is 13.3. The molecule has 120 valence electrons. The smallest absolute Gasteiger partial charge is 0.407 e. The Hall–Kier alpha value is -1.75. The maximum atomic E-state index is 11.8. The van der Waals surface area contributed by atoms with Crippen molar-refractivity contribution >= 4 is 11.8 Å². The Labute approximate surface area is 131 Å². The zero-order valence-corrected chi connectivity index (χ0v) is 13.3. The maximum absolute atomic E-state index is 11.8. The molecule has 3 rings (SSSR count). The van der Waals surface area contributed by atoms with Crippen LogP contribution in [-0.2, 0) is 6.54 Å². The second kappa shape index (κ2) is 5.80. The monoisotopic (exact) mass is 303 g/mol. The lowest BCUT2D eigenvalue weighted by Gasteiger charge is -2.40. The van der Waals surface area contributed by atoms with Crippen LogP contribution in [-0.4, -0.2) is 46.2 Å². The highest BCUT2D eigenvalue weighted by Crippen LogP contribution is 2.37. The molecule has 2 fully saturated rings. The lowest BCUT2D eigenvalue weighted by atomic mass is 9.95. The van der Waals surface area contributed by atoms with E-state index in [9.17, 15) is 9.90 Å². The molecule has 2 saturated heterocycles. The molecule has 2 aliphatic rings. The minimum Gasteiger partial charge on any atom is -0.465 e. The molecule has 0 aliphatic carbocycles. The number of hydrogen-bond acceptors (Lipinski definition) is 3. The molecule has 0 saturated carbocycles. The van der Waals surface area contributed by atoms with Gasteiger partial charge in [0.15, 0.2) is 0 Å². The first-order valence-corrected chi connectivity index (χ1v) is 8.03. The van der Waals surface area contributed by atoms with Gasteiger partial charge in [-0.2, -0.15) is 0 Å². The van der Waals surface area contributed by atoms with Crippen molar-refractivity contribution in [1.82, 2.24) is 9.80 Å². The lowest BCUT2D eigenvalue weighted by molar-refractivity contribution is 0.0658. The van der Waals surface area contributed by atoms with Gasteiger partial charge in [0.1, 0.15) is 0 Å². The first-order chi connectivity index (χ1) is 10.5. The second-order valence-electron chi connectivity index (χ2n) is 6.72. The number of nitrogens with zero attached hydrogens (tertiary/aromatic N) is 2. The molecule has 22 heavy (non-hydrogen) atoms. The molecule has 2 bridgehead atoms. The number of fused-ring (bicyclic) bond motifs is 2. The van der Waals surface area contributed by atoms with Crippen molar-refractivity contribution in [3.8, 4) is 0 Å². The van der Waals surface area contributed by atoms with Crippen molar-refractivity contribution in [1.29, 1.82) is 0 Å². The van der Waals surface area contributed by atoms with Crippen molar-refractivity contribution in [2.45, 2.75) is 57.3 Å². The molecular formula is C17H25N3O2. The van der Waals surface area contributed by atoms with E-state index in [1.165, 1.54) is 12.8 Å². The van der Waals surface area contributed by atoms with Crippen LogP contribution in [0.1, 0.15) is 36.8 Å². The summed E-state index contributed by atoms with van der Waals surface area (Å²) < 4.78 is 0. The van der Waals surface area contributed by atoms with Crippen LogP contribution in [0.15, 0.2) is 18.2 Å². The third-order valence-electron chi connectivity index (χ3n) is 5.59. The van der Waals surface area contributed by atoms with Gasteiger partial charge in [-0.1, -0.05) is 12.1 Å². The van der Waals surface area contributed by atoms with Gasteiger partial charge in [0.05, 0.1) is 0 Å². The molecule has 2 heterocycles. The number of carbonyl (C=O) groups is 1. The van der Waals surface area contributed by atoms with E-state index in [2.05, 4.69) is 11.9 Å². The van der Waals surface area contributed by atoms with E-state index in [-0.39, 0.29) is 6.04 Å². The average Bonchev–Trinajstić information content (AvgIpc) is 2.71. The van der Waals surface area contributed by atoms with Crippen LogP contribution in [0.2, 0.25) is 0 Å². The topological polar surface area (TPSA) is 69.8 Å². The van der Waals surface area contributed by atoms with Crippen LogP contribution in [0.25, 0.3) is 0 Å². The number of nitrogens with two attached hydrogens (primary N) is 1. The van der Waals surface area contributed by atoms with Gasteiger partial charge in [0.25, 0.3) is 0 Å². The standard InChI is InChI=1S/C17H25N3O2/c1-11-12(4-3-5-16(11)18)10-20(17(21)22)15-8-13-6-7-14(9-15)19(13)2/h3-5,13-15H,6-10,18H2,1-2H3,(H,21,22). The van der Waals surface area contributed by atoms with Gasteiger partial charge >= 0.3 is 6.09 Å². The predicted octanol–water partition coefficient (Wildman–Crippen LogP) is 2.68. The fraction of sp³-hybridized carbons (Fsp3) is 0.588. The first kappa shape index (κ1) is 15.2. The molecule has 2 aliphatic heterocycles. The molecule has 3 N–H and O–H groups in total. The van der Waals surface area contributed by atoms with E-state index in [1.807, 2.05) is 25.1 Å². The Kier molecular flexibility index (Phi) is 4.00. The minimum atomic E-state index is -0.823. The predicted molar refractivity (Wildman–Crippen MR) is 86.8 cm³/mol. The number of amides is 1. The largest absolute Gasteiger partial charge is 0.465 e. The summed E-state index contributed by atoms with van der Waals surface area (Å²) in [6, 6.07) is 6.92. The SMILES string of the molecule is Cc1c(N)cccc1CN(C(=O)O)C1CC2CCC(C1)N2C. The zero-order chi connectivity index (χ0) is 15.9. The van der Waals surface area contributed by atoms with E-state index >= 15 is 0 Å². The summed E-state index contributed by atoms with van der Waals surface area (Å²) in [7, 11) is 2.17. The highest BCUT2D eigenvalue weighted by molar-refractivity contribution is 5.66. The normalized spacial score (nSPS) is 27.8. The van der Waals surface area contributed by atoms with Gasteiger partial charge in [-0.25, -0.2) is 4.79 Å². The molecule has 1 aromatic carbocycles. The molecule has 0 aromatic heterocycles. The number of piperidine rings is 1. The van der Waals surface area contributed by atoms with Crippen LogP contribution < -0.4 is 5.73 Å². The van der Waals surface area contributed by atoms with Crippen LogP contribution >= 0.6 is 0 Å². The molecule has 1 aromatic rings. The molecule has 0 spiro atoms. The van der Waals surface area contributed by atoms with E-state index < -0.39 is 6.09 Å². The van der Waals surface area contributed by atoms with E-state index in [4.69, 9.17) is 5.73 Å². The summed E-state index contributed by atoms with van der Waals surface area (Å²) in [5.41, 5.74) is 8.68. The minimum absolute atomic E-state index is 0.118. The first-order valence-electron chi connectivity index (χ1n) is 8.03. The maximum Gasteiger partial charge on any atom is 0.407 e. The third-order valence-corrected chi connectivity index (χ3v) is 5.59. The molecule has 5 heteroatoms. The van der Waals surface area contributed by atoms with Gasteiger partial charge in [0, 0.05) is 30.4 Å². The lowest BCUT2D eigenvalue weighted by Crippen LogP contribution is -2.50. The van der Waals surface area contributed by atoms with Crippen molar-refractivity contribution in [2.24, 2.45) is 0 Å². The van der Waals surface area contributed by atoms with Crippen LogP contribution in [0.3, 0.4) is 0 Å². The van der Waals surface area contributed by atoms with Crippen LogP contribution in [0.4, 0.5) is 10.5 Å². The molecule has 2 unspecified atom stereocenters. The number of anilines is 1. The summed E-state index contributed by atoms with van der Waals surface area (Å²) >= 11 is 0. The number of benzene rings is 1. The van der Waals surface area contributed by atoms with Gasteiger partial charge in [0.2, 0.25) is 0 Å². The van der Waals surface area contributed by atoms with Gasteiger partial charge < -0.3 is 20.6 Å². The van der Waals surface area contributed by atoms with Crippen molar-refractivity contribution in [3.05, 3.63) is 29.3 Å². The number of nitrogen functional groups attached to an aromatic ring is 1. The highest BCUT2D eigenvalue weighted by atomic mass is 16.4. The second-order valence-corrected chi connectivity index (χ2v) is 6.72. The highest BCUT2D eigenvalue weighted by Gasteiger charge is 2.41. The van der Waals surface area contributed by atoms with E-state index in [1.54, 1.807) is 4.90 Å². The van der Waals surface area contributed by atoms with Crippen LogP contribution in [0, 0.1) is 6.92 Å². The third kappa shape index (κ3) is 2.65.